The van der Waals surface area contributed by atoms with Crippen LogP contribution in [0.2, 0.25) is 0 Å². The molecule has 0 spiro atoms. The van der Waals surface area contributed by atoms with Gasteiger partial charge < -0.3 is 9.80 Å². The molecule has 0 unspecified atom stereocenters. The lowest BCUT2D eigenvalue weighted by atomic mass is 10.1. The van der Waals surface area contributed by atoms with Crippen LogP contribution in [0.1, 0.15) is 38.2 Å². The van der Waals surface area contributed by atoms with Gasteiger partial charge in [0.05, 0.1) is 18.5 Å². The van der Waals surface area contributed by atoms with Gasteiger partial charge in [-0.3, -0.25) is 9.10 Å². The molecule has 4 rings (SSSR count). The number of carbonyl (C=O) groups excluding carboxylic acids is 1. The maximum absolute atomic E-state index is 13.2. The highest BCUT2D eigenvalue weighted by atomic mass is 32.2. The first-order chi connectivity index (χ1) is 17.0. The van der Waals surface area contributed by atoms with Gasteiger partial charge >= 0.3 is 0 Å². The van der Waals surface area contributed by atoms with Crippen LogP contribution in [0.25, 0.3) is 0 Å². The number of nitrogens with zero attached hydrogens (tertiary/aromatic N) is 3. The second-order valence-corrected chi connectivity index (χ2v) is 11.7. The number of benzene rings is 3. The normalized spacial score (nSPS) is 14.1. The third kappa shape index (κ3) is 5.57. The number of sulfonamides is 1. The maximum atomic E-state index is 13.2. The van der Waals surface area contributed by atoms with Crippen molar-refractivity contribution in [3.63, 3.8) is 0 Å². The van der Waals surface area contributed by atoms with Crippen LogP contribution in [0.5, 0.6) is 0 Å². The van der Waals surface area contributed by atoms with E-state index in [1.165, 1.54) is 27.4 Å². The molecule has 1 aliphatic rings. The van der Waals surface area contributed by atoms with E-state index in [0.717, 1.165) is 29.8 Å². The fourth-order valence-corrected chi connectivity index (χ4v) is 5.64. The van der Waals surface area contributed by atoms with Crippen LogP contribution in [0.3, 0.4) is 0 Å². The van der Waals surface area contributed by atoms with E-state index in [2.05, 4.69) is 36.9 Å². The highest BCUT2D eigenvalue weighted by molar-refractivity contribution is 7.92. The number of anilines is 2. The molecule has 7 heteroatoms. The second-order valence-electron chi connectivity index (χ2n) is 9.75. The minimum absolute atomic E-state index is 0.0108. The summed E-state index contributed by atoms with van der Waals surface area (Å²) in [5.41, 5.74) is 7.84. The van der Waals surface area contributed by atoms with Crippen molar-refractivity contribution in [2.45, 2.75) is 34.2 Å². The van der Waals surface area contributed by atoms with Crippen molar-refractivity contribution in [3.05, 3.63) is 94.0 Å². The molecular weight excluding hydrogens is 470 g/mol. The lowest BCUT2D eigenvalue weighted by molar-refractivity contribution is 0.0746. The third-order valence-corrected chi connectivity index (χ3v) is 8.17. The van der Waals surface area contributed by atoms with Gasteiger partial charge in [-0.25, -0.2) is 8.42 Å². The lowest BCUT2D eigenvalue weighted by Crippen LogP contribution is -2.49. The molecule has 3 aromatic carbocycles. The first-order valence-corrected chi connectivity index (χ1v) is 14.1. The van der Waals surface area contributed by atoms with Gasteiger partial charge in [-0.15, -0.1) is 0 Å². The lowest BCUT2D eigenvalue weighted by Gasteiger charge is -2.37. The molecule has 0 saturated carbocycles. The number of rotatable bonds is 6. The van der Waals surface area contributed by atoms with Crippen molar-refractivity contribution in [1.82, 2.24) is 4.90 Å². The van der Waals surface area contributed by atoms with E-state index >= 15 is 0 Å². The first kappa shape index (κ1) is 25.8. The van der Waals surface area contributed by atoms with E-state index in [4.69, 9.17) is 0 Å². The monoisotopic (exact) mass is 505 g/mol. The Morgan fingerprint density at radius 3 is 2.17 bits per heavy atom. The summed E-state index contributed by atoms with van der Waals surface area (Å²) in [6.45, 7) is 11.3. The van der Waals surface area contributed by atoms with Gasteiger partial charge in [0.1, 0.15) is 0 Å². The zero-order chi connectivity index (χ0) is 26.0. The van der Waals surface area contributed by atoms with E-state index < -0.39 is 10.0 Å². The largest absolute Gasteiger partial charge is 0.368 e. The zero-order valence-corrected chi connectivity index (χ0v) is 22.6. The Bertz CT molecular complexity index is 1360. The van der Waals surface area contributed by atoms with Crippen LogP contribution >= 0.6 is 0 Å². The van der Waals surface area contributed by atoms with Gasteiger partial charge in [-0.1, -0.05) is 36.4 Å². The molecular formula is C29H35N3O3S. The molecule has 6 nitrogen and oxygen atoms in total. The van der Waals surface area contributed by atoms with E-state index in [9.17, 15) is 13.2 Å². The summed E-state index contributed by atoms with van der Waals surface area (Å²) in [5.74, 6) is 0.0108. The highest BCUT2D eigenvalue weighted by Gasteiger charge is 2.24. The standard InChI is InChI=1S/C29H35N3O3S/c1-21-9-10-23(3)28(19-21)32(36(5,34)35)20-25-11-13-26(14-12-25)29(33)31-17-15-30(16-18-31)27-8-6-7-22(2)24(27)4/h6-14,19H,15-18,20H2,1-5H3. The predicted molar refractivity (Wildman–Crippen MR) is 147 cm³/mol. The van der Waals surface area contributed by atoms with Gasteiger partial charge in [-0.2, -0.15) is 0 Å². The van der Waals surface area contributed by atoms with E-state index in [0.29, 0.717) is 24.3 Å². The minimum atomic E-state index is -3.48. The van der Waals surface area contributed by atoms with Gasteiger partial charge in [0, 0.05) is 37.4 Å². The number of aryl methyl sites for hydroxylation is 3. The molecule has 0 atom stereocenters. The van der Waals surface area contributed by atoms with Crippen molar-refractivity contribution >= 4 is 27.3 Å². The number of amides is 1. The van der Waals surface area contributed by atoms with Crippen molar-refractivity contribution in [1.29, 1.82) is 0 Å². The fourth-order valence-electron chi connectivity index (χ4n) is 4.70. The Morgan fingerprint density at radius 1 is 0.861 bits per heavy atom. The number of carbonyl (C=O) groups is 1. The zero-order valence-electron chi connectivity index (χ0n) is 21.8. The molecule has 0 radical (unpaired) electrons. The van der Waals surface area contributed by atoms with Crippen LogP contribution in [0.4, 0.5) is 11.4 Å². The first-order valence-electron chi connectivity index (χ1n) is 12.3. The van der Waals surface area contributed by atoms with Crippen molar-refractivity contribution in [2.24, 2.45) is 0 Å². The highest BCUT2D eigenvalue weighted by Crippen LogP contribution is 2.27. The molecule has 0 aliphatic carbocycles. The number of hydrogen-bond donors (Lipinski definition) is 0. The van der Waals surface area contributed by atoms with Crippen LogP contribution < -0.4 is 9.21 Å². The summed E-state index contributed by atoms with van der Waals surface area (Å²) in [6, 6.07) is 19.5. The van der Waals surface area contributed by atoms with Crippen molar-refractivity contribution in [3.8, 4) is 0 Å². The summed E-state index contributed by atoms with van der Waals surface area (Å²) in [7, 11) is -3.48. The average Bonchev–Trinajstić information content (AvgIpc) is 2.85. The molecule has 1 saturated heterocycles. The van der Waals surface area contributed by atoms with Crippen molar-refractivity contribution in [2.75, 3.05) is 41.6 Å². The molecule has 0 bridgehead atoms. The van der Waals surface area contributed by atoms with Crippen LogP contribution in [0.15, 0.2) is 60.7 Å². The summed E-state index contributed by atoms with van der Waals surface area (Å²) < 4.78 is 26.7. The second kappa shape index (κ2) is 10.3. The summed E-state index contributed by atoms with van der Waals surface area (Å²) in [4.78, 5) is 17.4. The summed E-state index contributed by atoms with van der Waals surface area (Å²) in [6.07, 6.45) is 1.23. The van der Waals surface area contributed by atoms with Gasteiger partial charge in [0.15, 0.2) is 0 Å². The van der Waals surface area contributed by atoms with Crippen molar-refractivity contribution < 1.29 is 13.2 Å². The van der Waals surface area contributed by atoms with Crippen LogP contribution in [-0.4, -0.2) is 51.7 Å². The topological polar surface area (TPSA) is 60.9 Å². The SMILES string of the molecule is Cc1ccc(C)c(N(Cc2ccc(C(=O)N3CCN(c4cccc(C)c4C)CC3)cc2)S(C)(=O)=O)c1. The molecule has 36 heavy (non-hydrogen) atoms. The van der Waals surface area contributed by atoms with Gasteiger partial charge in [-0.05, 0) is 79.8 Å². The Morgan fingerprint density at radius 2 is 1.53 bits per heavy atom. The van der Waals surface area contributed by atoms with Crippen LogP contribution in [-0.2, 0) is 16.6 Å². The Balaban J connectivity index is 1.44. The number of hydrogen-bond acceptors (Lipinski definition) is 4. The smallest absolute Gasteiger partial charge is 0.253 e. The van der Waals surface area contributed by atoms with E-state index in [1.54, 1.807) is 12.1 Å². The van der Waals surface area contributed by atoms with E-state index in [-0.39, 0.29) is 12.5 Å². The average molecular weight is 506 g/mol. The molecule has 190 valence electrons. The fraction of sp³-hybridized carbons (Fsp3) is 0.345. The van der Waals surface area contributed by atoms with Gasteiger partial charge in [0.2, 0.25) is 10.0 Å². The molecule has 1 amide bonds. The molecule has 1 fully saturated rings. The minimum Gasteiger partial charge on any atom is -0.368 e. The Labute approximate surface area is 215 Å². The molecule has 3 aromatic rings. The van der Waals surface area contributed by atoms with Gasteiger partial charge in [0.25, 0.3) is 5.91 Å². The Kier molecular flexibility index (Phi) is 7.41. The molecule has 0 N–H and O–H groups in total. The quantitative estimate of drug-likeness (QED) is 0.481. The number of piperazine rings is 1. The van der Waals surface area contributed by atoms with E-state index in [1.807, 2.05) is 49.1 Å². The Hall–Kier alpha value is -3.32. The summed E-state index contributed by atoms with van der Waals surface area (Å²) in [5, 5.41) is 0. The molecule has 1 aliphatic heterocycles. The third-order valence-electron chi connectivity index (χ3n) is 7.04. The molecule has 0 aromatic heterocycles. The van der Waals surface area contributed by atoms with Crippen LogP contribution in [0, 0.1) is 27.7 Å². The molecule has 1 heterocycles. The predicted octanol–water partition coefficient (Wildman–Crippen LogP) is 4.85. The summed E-state index contributed by atoms with van der Waals surface area (Å²) >= 11 is 0. The maximum Gasteiger partial charge on any atom is 0.253 e.